The topological polar surface area (TPSA) is 54.1 Å². The van der Waals surface area contributed by atoms with Crippen molar-refractivity contribution in [2.24, 2.45) is 0 Å². The number of nitrogens with zero attached hydrogens (tertiary/aromatic N) is 2. The van der Waals surface area contributed by atoms with Crippen LogP contribution < -0.4 is 4.68 Å². The molecular formula is C16H13N2O2+. The first-order chi connectivity index (χ1) is 9.72. The zero-order valence-electron chi connectivity index (χ0n) is 10.7. The van der Waals surface area contributed by atoms with Crippen LogP contribution in [0.1, 0.15) is 15.9 Å². The summed E-state index contributed by atoms with van der Waals surface area (Å²) < 4.78 is 1.81. The van der Waals surface area contributed by atoms with E-state index in [4.69, 9.17) is 5.11 Å². The number of hydrogen-bond acceptors (Lipinski definition) is 2. The molecule has 0 saturated carbocycles. The molecule has 0 aliphatic heterocycles. The molecule has 0 atom stereocenters. The second kappa shape index (κ2) is 5.09. The summed E-state index contributed by atoms with van der Waals surface area (Å²) in [5, 5.41) is 14.6. The summed E-state index contributed by atoms with van der Waals surface area (Å²) in [5.74, 6) is -0.914. The Bertz CT molecular complexity index is 784. The van der Waals surface area contributed by atoms with Gasteiger partial charge in [-0.25, -0.2) is 4.79 Å². The van der Waals surface area contributed by atoms with Crippen LogP contribution in [0.2, 0.25) is 0 Å². The first-order valence-corrected chi connectivity index (χ1v) is 6.30. The van der Waals surface area contributed by atoms with Crippen molar-refractivity contribution in [2.75, 3.05) is 0 Å². The Hall–Kier alpha value is -2.75. The molecule has 0 unspecified atom stereocenters. The summed E-state index contributed by atoms with van der Waals surface area (Å²) in [4.78, 5) is 11.0. The number of carboxylic acid groups (broad SMARTS) is 1. The molecule has 3 rings (SSSR count). The third kappa shape index (κ3) is 2.49. The van der Waals surface area contributed by atoms with Crippen LogP contribution in [-0.2, 0) is 6.54 Å². The molecule has 0 spiro atoms. The third-order valence-corrected chi connectivity index (χ3v) is 3.12. The molecule has 1 heterocycles. The zero-order chi connectivity index (χ0) is 13.9. The second-order valence-electron chi connectivity index (χ2n) is 4.58. The molecule has 1 aromatic heterocycles. The van der Waals surface area contributed by atoms with Crippen LogP contribution in [-0.4, -0.2) is 16.2 Å². The lowest BCUT2D eigenvalue weighted by atomic mass is 10.1. The monoisotopic (exact) mass is 265 g/mol. The van der Waals surface area contributed by atoms with E-state index in [0.29, 0.717) is 12.1 Å². The Morgan fingerprint density at radius 1 is 1.10 bits per heavy atom. The number of aromatic carboxylic acids is 1. The van der Waals surface area contributed by atoms with Gasteiger partial charge in [-0.3, -0.25) is 0 Å². The van der Waals surface area contributed by atoms with Crippen LogP contribution >= 0.6 is 0 Å². The van der Waals surface area contributed by atoms with Gasteiger partial charge in [-0.1, -0.05) is 35.0 Å². The number of carbonyl (C=O) groups is 1. The van der Waals surface area contributed by atoms with Gasteiger partial charge in [0, 0.05) is 22.1 Å². The predicted molar refractivity (Wildman–Crippen MR) is 74.4 cm³/mol. The van der Waals surface area contributed by atoms with Crippen LogP contribution in [0.25, 0.3) is 10.9 Å². The molecule has 0 radical (unpaired) electrons. The van der Waals surface area contributed by atoms with Crippen molar-refractivity contribution < 1.29 is 14.6 Å². The maximum Gasteiger partial charge on any atom is 0.335 e. The second-order valence-corrected chi connectivity index (χ2v) is 4.58. The smallest absolute Gasteiger partial charge is 0.335 e. The van der Waals surface area contributed by atoms with Gasteiger partial charge in [0.15, 0.2) is 12.7 Å². The Labute approximate surface area is 115 Å². The van der Waals surface area contributed by atoms with E-state index < -0.39 is 5.97 Å². The van der Waals surface area contributed by atoms with Gasteiger partial charge in [0.1, 0.15) is 5.52 Å². The van der Waals surface area contributed by atoms with E-state index in [9.17, 15) is 4.79 Å². The molecule has 4 heteroatoms. The van der Waals surface area contributed by atoms with Crippen molar-refractivity contribution >= 4 is 16.9 Å². The molecule has 0 aliphatic carbocycles. The average Bonchev–Trinajstić information content (AvgIpc) is 2.47. The average molecular weight is 265 g/mol. The lowest BCUT2D eigenvalue weighted by Crippen LogP contribution is -2.38. The molecule has 2 aromatic carbocycles. The summed E-state index contributed by atoms with van der Waals surface area (Å²) in [6.07, 6.45) is 1.90. The number of benzene rings is 2. The van der Waals surface area contributed by atoms with E-state index in [0.717, 1.165) is 16.5 Å². The van der Waals surface area contributed by atoms with Gasteiger partial charge >= 0.3 is 5.97 Å². The fourth-order valence-electron chi connectivity index (χ4n) is 2.14. The predicted octanol–water partition coefficient (Wildman–Crippen LogP) is 2.27. The highest BCUT2D eigenvalue weighted by Crippen LogP contribution is 2.08. The summed E-state index contributed by atoms with van der Waals surface area (Å²) in [7, 11) is 0. The summed E-state index contributed by atoms with van der Waals surface area (Å²) in [6.45, 7) is 0.548. The maximum absolute atomic E-state index is 11.0. The van der Waals surface area contributed by atoms with Crippen LogP contribution in [0, 0.1) is 0 Å². The quantitative estimate of drug-likeness (QED) is 0.739. The van der Waals surface area contributed by atoms with Gasteiger partial charge in [0.05, 0.1) is 5.56 Å². The molecule has 3 aromatic rings. The normalized spacial score (nSPS) is 10.6. The number of aromatic nitrogens is 2. The van der Waals surface area contributed by atoms with E-state index in [-0.39, 0.29) is 0 Å². The first kappa shape index (κ1) is 12.3. The van der Waals surface area contributed by atoms with Crippen molar-refractivity contribution in [1.82, 2.24) is 5.10 Å². The minimum absolute atomic E-state index is 0.295. The summed E-state index contributed by atoms with van der Waals surface area (Å²) in [6, 6.07) is 16.8. The van der Waals surface area contributed by atoms with E-state index in [2.05, 4.69) is 5.10 Å². The Morgan fingerprint density at radius 3 is 2.80 bits per heavy atom. The van der Waals surface area contributed by atoms with Crippen LogP contribution in [0.3, 0.4) is 0 Å². The van der Waals surface area contributed by atoms with E-state index in [1.165, 1.54) is 0 Å². The first-order valence-electron chi connectivity index (χ1n) is 6.30. The lowest BCUT2D eigenvalue weighted by Gasteiger charge is -1.99. The summed E-state index contributed by atoms with van der Waals surface area (Å²) in [5.41, 5.74) is 2.13. The number of carboxylic acids is 1. The molecule has 0 aliphatic rings. The van der Waals surface area contributed by atoms with Crippen LogP contribution in [0.15, 0.2) is 60.8 Å². The molecule has 0 amide bonds. The van der Waals surface area contributed by atoms with Crippen molar-refractivity contribution in [3.63, 3.8) is 0 Å². The Balaban J connectivity index is 1.92. The fourth-order valence-corrected chi connectivity index (χ4v) is 2.14. The summed E-state index contributed by atoms with van der Waals surface area (Å²) >= 11 is 0. The van der Waals surface area contributed by atoms with E-state index in [1.807, 2.05) is 47.3 Å². The number of fused-ring (bicyclic) bond motifs is 1. The number of rotatable bonds is 3. The highest BCUT2D eigenvalue weighted by Gasteiger charge is 2.09. The van der Waals surface area contributed by atoms with Gasteiger partial charge in [0.25, 0.3) is 0 Å². The fraction of sp³-hybridized carbons (Fsp3) is 0.0625. The molecule has 1 N–H and O–H groups in total. The molecular weight excluding hydrogens is 252 g/mol. The SMILES string of the molecule is O=C(O)c1cccc(C[n+]2ccc3ccccc3n2)c1. The highest BCUT2D eigenvalue weighted by molar-refractivity contribution is 5.87. The van der Waals surface area contributed by atoms with Gasteiger partial charge in [-0.15, -0.1) is 0 Å². The van der Waals surface area contributed by atoms with Gasteiger partial charge in [-0.2, -0.15) is 0 Å². The van der Waals surface area contributed by atoms with Gasteiger partial charge < -0.3 is 5.11 Å². The highest BCUT2D eigenvalue weighted by atomic mass is 16.4. The zero-order valence-corrected chi connectivity index (χ0v) is 10.7. The van der Waals surface area contributed by atoms with Gasteiger partial charge in [-0.05, 0) is 18.2 Å². The molecule has 98 valence electrons. The molecule has 0 saturated heterocycles. The van der Waals surface area contributed by atoms with Crippen molar-refractivity contribution in [2.45, 2.75) is 6.54 Å². The van der Waals surface area contributed by atoms with Crippen molar-refractivity contribution in [3.8, 4) is 0 Å². The van der Waals surface area contributed by atoms with E-state index in [1.54, 1.807) is 18.2 Å². The van der Waals surface area contributed by atoms with Crippen molar-refractivity contribution in [1.29, 1.82) is 0 Å². The lowest BCUT2D eigenvalue weighted by molar-refractivity contribution is -0.743. The van der Waals surface area contributed by atoms with E-state index >= 15 is 0 Å². The standard InChI is InChI=1S/C16H12N2O2/c19-16(20)14-6-3-4-12(10-14)11-18-9-8-13-5-1-2-7-15(13)17-18/h1-10H,11H2/p+1. The molecule has 20 heavy (non-hydrogen) atoms. The number of hydrogen-bond donors (Lipinski definition) is 1. The third-order valence-electron chi connectivity index (χ3n) is 3.12. The Morgan fingerprint density at radius 2 is 1.95 bits per heavy atom. The minimum Gasteiger partial charge on any atom is -0.478 e. The Kier molecular flexibility index (Phi) is 3.13. The van der Waals surface area contributed by atoms with Gasteiger partial charge in [0.2, 0.25) is 0 Å². The molecule has 4 nitrogen and oxygen atoms in total. The molecule has 0 fully saturated rings. The largest absolute Gasteiger partial charge is 0.478 e. The maximum atomic E-state index is 11.0. The van der Waals surface area contributed by atoms with Crippen molar-refractivity contribution in [3.05, 3.63) is 71.9 Å². The molecule has 0 bridgehead atoms. The minimum atomic E-state index is -0.914. The van der Waals surface area contributed by atoms with Crippen LogP contribution in [0.4, 0.5) is 0 Å². The van der Waals surface area contributed by atoms with Crippen LogP contribution in [0.5, 0.6) is 0 Å².